The van der Waals surface area contributed by atoms with Crippen LogP contribution in [0.1, 0.15) is 17.5 Å². The maximum atomic E-state index is 13.0. The highest BCUT2D eigenvalue weighted by Gasteiger charge is 2.43. The van der Waals surface area contributed by atoms with Crippen LogP contribution in [0, 0.1) is 6.92 Å². The van der Waals surface area contributed by atoms with Crippen LogP contribution >= 0.6 is 0 Å². The van der Waals surface area contributed by atoms with Crippen LogP contribution < -0.4 is 9.80 Å². The summed E-state index contributed by atoms with van der Waals surface area (Å²) in [5, 5.41) is 0. The van der Waals surface area contributed by atoms with Gasteiger partial charge in [0.15, 0.2) is 0 Å². The number of carbonyl (C=O) groups excluding carboxylic acids is 2. The molecule has 158 valence electrons. The minimum atomic E-state index is -4.38. The average molecular weight is 417 g/mol. The van der Waals surface area contributed by atoms with Gasteiger partial charge in [0, 0.05) is 31.9 Å². The van der Waals surface area contributed by atoms with Crippen molar-refractivity contribution >= 4 is 23.2 Å². The Kier molecular flexibility index (Phi) is 5.27. The number of alkyl halides is 3. The quantitative estimate of drug-likeness (QED) is 0.718. The summed E-state index contributed by atoms with van der Waals surface area (Å²) < 4.78 is 39.0. The van der Waals surface area contributed by atoms with Gasteiger partial charge in [-0.15, -0.1) is 0 Å². The molecule has 0 N–H and O–H groups in total. The monoisotopic (exact) mass is 417 g/mol. The van der Waals surface area contributed by atoms with Gasteiger partial charge >= 0.3 is 6.18 Å². The summed E-state index contributed by atoms with van der Waals surface area (Å²) in [5.41, 5.74) is 1.31. The van der Waals surface area contributed by atoms with Gasteiger partial charge < -0.3 is 4.90 Å². The fourth-order valence-electron chi connectivity index (χ4n) is 4.14. The normalized spacial score (nSPS) is 20.9. The van der Waals surface area contributed by atoms with Crippen molar-refractivity contribution in [3.8, 4) is 0 Å². The third kappa shape index (κ3) is 3.79. The van der Waals surface area contributed by atoms with Crippen LogP contribution in [0.5, 0.6) is 0 Å². The zero-order valence-corrected chi connectivity index (χ0v) is 16.5. The van der Waals surface area contributed by atoms with E-state index in [4.69, 9.17) is 0 Å². The molecule has 1 atom stereocenters. The van der Waals surface area contributed by atoms with Gasteiger partial charge in [0.1, 0.15) is 0 Å². The summed E-state index contributed by atoms with van der Waals surface area (Å²) in [6.07, 6.45) is -4.26. The van der Waals surface area contributed by atoms with Gasteiger partial charge in [-0.05, 0) is 36.8 Å². The highest BCUT2D eigenvalue weighted by atomic mass is 19.4. The van der Waals surface area contributed by atoms with E-state index in [0.29, 0.717) is 37.6 Å². The SMILES string of the molecule is Cc1ccccc1N1C(=O)CC(N2CCN(c3cccc(C(F)(F)F)c3)CC2)C1=O. The molecule has 8 heteroatoms. The lowest BCUT2D eigenvalue weighted by atomic mass is 10.1. The topological polar surface area (TPSA) is 43.9 Å². The molecule has 2 aliphatic rings. The number of hydrogen-bond acceptors (Lipinski definition) is 4. The first-order valence-electron chi connectivity index (χ1n) is 9.84. The fraction of sp³-hybridized carbons (Fsp3) is 0.364. The third-order valence-corrected chi connectivity index (χ3v) is 5.77. The van der Waals surface area contributed by atoms with Crippen LogP contribution in [0.25, 0.3) is 0 Å². The number of rotatable bonds is 3. The van der Waals surface area contributed by atoms with Crippen LogP contribution in [0.15, 0.2) is 48.5 Å². The van der Waals surface area contributed by atoms with E-state index in [1.165, 1.54) is 11.0 Å². The standard InChI is InChI=1S/C22H22F3N3O2/c1-15-5-2-3-8-18(15)28-20(29)14-19(21(28)30)27-11-9-26(10-12-27)17-7-4-6-16(13-17)22(23,24)25/h2-8,13,19H,9-12,14H2,1H3. The van der Waals surface area contributed by atoms with Gasteiger partial charge in [-0.1, -0.05) is 24.3 Å². The Morgan fingerprint density at radius 1 is 0.933 bits per heavy atom. The highest BCUT2D eigenvalue weighted by Crippen LogP contribution is 2.33. The predicted octanol–water partition coefficient (Wildman–Crippen LogP) is 3.47. The Morgan fingerprint density at radius 2 is 1.63 bits per heavy atom. The number of benzene rings is 2. The summed E-state index contributed by atoms with van der Waals surface area (Å²) in [6.45, 7) is 3.84. The second-order valence-corrected chi connectivity index (χ2v) is 7.64. The number of anilines is 2. The minimum Gasteiger partial charge on any atom is -0.369 e. The molecule has 0 bridgehead atoms. The molecule has 2 fully saturated rings. The van der Waals surface area contributed by atoms with Gasteiger partial charge in [-0.3, -0.25) is 14.5 Å². The smallest absolute Gasteiger partial charge is 0.369 e. The zero-order chi connectivity index (χ0) is 21.5. The average Bonchev–Trinajstić information content (AvgIpc) is 3.02. The number of para-hydroxylation sites is 1. The lowest BCUT2D eigenvalue weighted by molar-refractivity contribution is -0.137. The molecular weight excluding hydrogens is 395 g/mol. The van der Waals surface area contributed by atoms with Gasteiger partial charge in [0.05, 0.1) is 23.7 Å². The van der Waals surface area contributed by atoms with Crippen molar-refractivity contribution in [1.29, 1.82) is 0 Å². The van der Waals surface area contributed by atoms with Crippen LogP contribution in [-0.4, -0.2) is 48.9 Å². The summed E-state index contributed by atoms with van der Waals surface area (Å²) in [6, 6.07) is 12.0. The number of halogens is 3. The fourth-order valence-corrected chi connectivity index (χ4v) is 4.14. The molecule has 2 amide bonds. The van der Waals surface area contributed by atoms with Crippen LogP contribution in [-0.2, 0) is 15.8 Å². The first-order chi connectivity index (χ1) is 14.3. The molecule has 5 nitrogen and oxygen atoms in total. The minimum absolute atomic E-state index is 0.122. The van der Waals surface area contributed by atoms with E-state index in [2.05, 4.69) is 0 Å². The Labute approximate surface area is 172 Å². The lowest BCUT2D eigenvalue weighted by Crippen LogP contribution is -2.52. The number of piperazine rings is 1. The molecule has 0 aliphatic carbocycles. The summed E-state index contributed by atoms with van der Waals surface area (Å²) in [7, 11) is 0. The van der Waals surface area contributed by atoms with E-state index in [9.17, 15) is 22.8 Å². The molecule has 0 saturated carbocycles. The van der Waals surface area contributed by atoms with Crippen LogP contribution in [0.3, 0.4) is 0 Å². The molecule has 0 radical (unpaired) electrons. The van der Waals surface area contributed by atoms with Crippen molar-refractivity contribution in [2.45, 2.75) is 25.6 Å². The molecule has 0 spiro atoms. The number of carbonyl (C=O) groups is 2. The predicted molar refractivity (Wildman–Crippen MR) is 107 cm³/mol. The van der Waals surface area contributed by atoms with E-state index in [0.717, 1.165) is 17.7 Å². The molecule has 1 unspecified atom stereocenters. The third-order valence-electron chi connectivity index (χ3n) is 5.77. The molecule has 2 aliphatic heterocycles. The second-order valence-electron chi connectivity index (χ2n) is 7.64. The summed E-state index contributed by atoms with van der Waals surface area (Å²) in [4.78, 5) is 30.7. The van der Waals surface area contributed by atoms with Crippen LogP contribution in [0.2, 0.25) is 0 Å². The summed E-state index contributed by atoms with van der Waals surface area (Å²) in [5.74, 6) is -0.457. The van der Waals surface area contributed by atoms with E-state index >= 15 is 0 Å². The molecule has 0 aromatic heterocycles. The van der Waals surface area contributed by atoms with Crippen LogP contribution in [0.4, 0.5) is 24.5 Å². The zero-order valence-electron chi connectivity index (χ0n) is 16.5. The molecule has 2 aromatic rings. The van der Waals surface area contributed by atoms with E-state index in [-0.39, 0.29) is 18.2 Å². The van der Waals surface area contributed by atoms with Gasteiger partial charge in [0.25, 0.3) is 5.91 Å². The lowest BCUT2D eigenvalue weighted by Gasteiger charge is -2.38. The van der Waals surface area contributed by atoms with Crippen molar-refractivity contribution in [2.75, 3.05) is 36.0 Å². The van der Waals surface area contributed by atoms with E-state index in [1.807, 2.05) is 28.9 Å². The van der Waals surface area contributed by atoms with Crippen molar-refractivity contribution in [1.82, 2.24) is 4.90 Å². The Hall–Kier alpha value is -2.87. The Balaban J connectivity index is 1.44. The van der Waals surface area contributed by atoms with Crippen molar-refractivity contribution in [2.24, 2.45) is 0 Å². The highest BCUT2D eigenvalue weighted by molar-refractivity contribution is 6.22. The van der Waals surface area contributed by atoms with Gasteiger partial charge in [0.2, 0.25) is 5.91 Å². The molecular formula is C22H22F3N3O2. The Bertz CT molecular complexity index is 968. The molecule has 2 aromatic carbocycles. The first kappa shape index (κ1) is 20.4. The van der Waals surface area contributed by atoms with E-state index < -0.39 is 17.8 Å². The number of nitrogens with zero attached hydrogens (tertiary/aromatic N) is 3. The molecule has 4 rings (SSSR count). The maximum Gasteiger partial charge on any atom is 0.416 e. The van der Waals surface area contributed by atoms with E-state index in [1.54, 1.807) is 18.2 Å². The van der Waals surface area contributed by atoms with Crippen molar-refractivity contribution < 1.29 is 22.8 Å². The maximum absolute atomic E-state index is 13.0. The number of imide groups is 1. The van der Waals surface area contributed by atoms with Crippen molar-refractivity contribution in [3.63, 3.8) is 0 Å². The number of hydrogen-bond donors (Lipinski definition) is 0. The molecule has 2 heterocycles. The molecule has 2 saturated heterocycles. The van der Waals surface area contributed by atoms with Gasteiger partial charge in [-0.25, -0.2) is 4.90 Å². The Morgan fingerprint density at radius 3 is 2.30 bits per heavy atom. The number of amides is 2. The largest absolute Gasteiger partial charge is 0.416 e. The molecule has 30 heavy (non-hydrogen) atoms. The summed E-state index contributed by atoms with van der Waals surface area (Å²) >= 11 is 0. The number of aryl methyl sites for hydroxylation is 1. The van der Waals surface area contributed by atoms with Crippen molar-refractivity contribution in [3.05, 3.63) is 59.7 Å². The first-order valence-corrected chi connectivity index (χ1v) is 9.84. The van der Waals surface area contributed by atoms with Gasteiger partial charge in [-0.2, -0.15) is 13.2 Å². The second kappa shape index (κ2) is 7.75.